The molecule has 1 aromatic heterocycles. The van der Waals surface area contributed by atoms with Gasteiger partial charge in [0.15, 0.2) is 0 Å². The normalized spacial score (nSPS) is 25.0. The van der Waals surface area contributed by atoms with Crippen LogP contribution in [-0.4, -0.2) is 67.8 Å². The Morgan fingerprint density at radius 1 is 1.13 bits per heavy atom. The molecule has 172 valence electrons. The number of hydrogen-bond acceptors (Lipinski definition) is 5. The van der Waals surface area contributed by atoms with Crippen LogP contribution in [0, 0.1) is 11.3 Å². The van der Waals surface area contributed by atoms with Gasteiger partial charge >= 0.3 is 0 Å². The Morgan fingerprint density at radius 3 is 2.58 bits per heavy atom. The summed E-state index contributed by atoms with van der Waals surface area (Å²) in [5.74, 6) is -0.237. The number of hydrogen-bond donors (Lipinski definition) is 1. The van der Waals surface area contributed by atoms with Crippen LogP contribution < -0.4 is 5.32 Å². The van der Waals surface area contributed by atoms with Gasteiger partial charge in [0.1, 0.15) is 4.90 Å². The van der Waals surface area contributed by atoms with Gasteiger partial charge in [0, 0.05) is 32.0 Å². The topological polar surface area (TPSA) is 82.6 Å². The molecule has 8 heteroatoms. The summed E-state index contributed by atoms with van der Waals surface area (Å²) in [6.45, 7) is 4.74. The lowest BCUT2D eigenvalue weighted by Crippen LogP contribution is -2.43. The number of piperidine rings is 1. The molecule has 1 spiro atoms. The van der Waals surface area contributed by atoms with Crippen LogP contribution >= 0.6 is 0 Å². The van der Waals surface area contributed by atoms with Gasteiger partial charge in [0.2, 0.25) is 15.9 Å². The standard InChI is InChI=1S/C23H36N4O3S/c28-22(25-13-8-16-26-14-5-2-6-15-26)21-18-27(19-23(21)10-3-1-4-11-23)31(29,30)20-9-7-12-24-17-20/h7,9,12,17,21H,1-6,8,10-11,13-16,18-19H2,(H,25,28)/t21-/m1/s1. The second-order valence-corrected chi connectivity index (χ2v) is 11.4. The fourth-order valence-electron chi connectivity index (χ4n) is 5.70. The molecule has 0 radical (unpaired) electrons. The smallest absolute Gasteiger partial charge is 0.244 e. The zero-order valence-corrected chi connectivity index (χ0v) is 19.3. The molecule has 2 saturated heterocycles. The van der Waals surface area contributed by atoms with Gasteiger partial charge in [0.05, 0.1) is 5.92 Å². The molecule has 1 aliphatic carbocycles. The van der Waals surface area contributed by atoms with E-state index < -0.39 is 10.0 Å². The van der Waals surface area contributed by atoms with Crippen molar-refractivity contribution < 1.29 is 13.2 Å². The minimum atomic E-state index is -3.64. The van der Waals surface area contributed by atoms with Crippen molar-refractivity contribution in [2.75, 3.05) is 39.3 Å². The first-order chi connectivity index (χ1) is 15.0. The summed E-state index contributed by atoms with van der Waals surface area (Å²) in [6, 6.07) is 3.23. The molecule has 0 unspecified atom stereocenters. The van der Waals surface area contributed by atoms with Crippen molar-refractivity contribution in [2.24, 2.45) is 11.3 Å². The molecule has 2 aliphatic heterocycles. The largest absolute Gasteiger partial charge is 0.356 e. The lowest BCUT2D eigenvalue weighted by atomic mass is 9.67. The van der Waals surface area contributed by atoms with E-state index in [0.717, 1.165) is 38.6 Å². The Balaban J connectivity index is 1.40. The number of likely N-dealkylation sites (tertiary alicyclic amines) is 1. The number of nitrogens with zero attached hydrogens (tertiary/aromatic N) is 3. The Labute approximate surface area is 186 Å². The van der Waals surface area contributed by atoms with E-state index >= 15 is 0 Å². The van der Waals surface area contributed by atoms with Gasteiger partial charge in [-0.2, -0.15) is 4.31 Å². The SMILES string of the molecule is O=C(NCCCN1CCCCC1)[C@H]1CN(S(=O)(=O)c2cccnc2)CC12CCCCC2. The number of pyridine rings is 1. The quantitative estimate of drug-likeness (QED) is 0.649. The predicted octanol–water partition coefficient (Wildman–Crippen LogP) is 2.64. The fraction of sp³-hybridized carbons (Fsp3) is 0.739. The van der Waals surface area contributed by atoms with Crippen LogP contribution in [0.15, 0.2) is 29.4 Å². The third kappa shape index (κ3) is 5.12. The van der Waals surface area contributed by atoms with Crippen LogP contribution in [0.5, 0.6) is 0 Å². The van der Waals surface area contributed by atoms with Gasteiger partial charge in [-0.15, -0.1) is 0 Å². The van der Waals surface area contributed by atoms with Crippen LogP contribution in [-0.2, 0) is 14.8 Å². The third-order valence-corrected chi connectivity index (χ3v) is 9.25. The maximum Gasteiger partial charge on any atom is 0.244 e. The predicted molar refractivity (Wildman–Crippen MR) is 120 cm³/mol. The fourth-order valence-corrected chi connectivity index (χ4v) is 7.21. The van der Waals surface area contributed by atoms with Crippen LogP contribution in [0.1, 0.15) is 57.8 Å². The van der Waals surface area contributed by atoms with E-state index in [1.807, 2.05) is 0 Å². The first-order valence-corrected chi connectivity index (χ1v) is 13.4. The highest BCUT2D eigenvalue weighted by molar-refractivity contribution is 7.89. The van der Waals surface area contributed by atoms with Gasteiger partial charge in [0.25, 0.3) is 0 Å². The molecule has 1 N–H and O–H groups in total. The van der Waals surface area contributed by atoms with Crippen molar-refractivity contribution in [1.29, 1.82) is 0 Å². The summed E-state index contributed by atoms with van der Waals surface area (Å²) < 4.78 is 28.0. The van der Waals surface area contributed by atoms with Gasteiger partial charge in [-0.1, -0.05) is 25.7 Å². The number of carbonyl (C=O) groups excluding carboxylic acids is 1. The molecule has 1 amide bonds. The lowest BCUT2D eigenvalue weighted by Gasteiger charge is -2.37. The van der Waals surface area contributed by atoms with Crippen LogP contribution in [0.3, 0.4) is 0 Å². The third-order valence-electron chi connectivity index (χ3n) is 7.45. The Kier molecular flexibility index (Phi) is 7.29. The van der Waals surface area contributed by atoms with E-state index in [-0.39, 0.29) is 28.7 Å². The molecule has 0 bridgehead atoms. The van der Waals surface area contributed by atoms with Gasteiger partial charge < -0.3 is 10.2 Å². The molecule has 4 rings (SSSR count). The average Bonchev–Trinajstić information content (AvgIpc) is 3.18. The maximum atomic E-state index is 13.2. The Morgan fingerprint density at radius 2 is 1.87 bits per heavy atom. The van der Waals surface area contributed by atoms with Crippen molar-refractivity contribution in [3.8, 4) is 0 Å². The number of amides is 1. The van der Waals surface area contributed by atoms with E-state index in [1.165, 1.54) is 49.3 Å². The van der Waals surface area contributed by atoms with Gasteiger partial charge in [-0.05, 0) is 69.3 Å². The average molecular weight is 449 g/mol. The molecular weight excluding hydrogens is 412 g/mol. The monoisotopic (exact) mass is 448 g/mol. The summed E-state index contributed by atoms with van der Waals surface area (Å²) in [4.78, 5) is 19.9. The Bertz CT molecular complexity index is 834. The van der Waals surface area contributed by atoms with Crippen molar-refractivity contribution >= 4 is 15.9 Å². The molecule has 3 aliphatic rings. The number of carbonyl (C=O) groups is 1. The highest BCUT2D eigenvalue weighted by Crippen LogP contribution is 2.48. The number of rotatable bonds is 7. The van der Waals surface area contributed by atoms with E-state index in [0.29, 0.717) is 13.1 Å². The van der Waals surface area contributed by atoms with Crippen LogP contribution in [0.2, 0.25) is 0 Å². The summed E-state index contributed by atoms with van der Waals surface area (Å²) in [5, 5.41) is 3.15. The second-order valence-electron chi connectivity index (χ2n) is 9.51. The van der Waals surface area contributed by atoms with Crippen LogP contribution in [0.25, 0.3) is 0 Å². The molecule has 1 atom stereocenters. The van der Waals surface area contributed by atoms with Crippen molar-refractivity contribution in [3.05, 3.63) is 24.5 Å². The minimum absolute atomic E-state index is 0.0319. The summed E-state index contributed by atoms with van der Waals surface area (Å²) in [7, 11) is -3.64. The van der Waals surface area contributed by atoms with E-state index in [4.69, 9.17) is 0 Å². The first-order valence-electron chi connectivity index (χ1n) is 11.9. The van der Waals surface area contributed by atoms with E-state index in [9.17, 15) is 13.2 Å². The van der Waals surface area contributed by atoms with Crippen molar-refractivity contribution in [2.45, 2.75) is 62.7 Å². The lowest BCUT2D eigenvalue weighted by molar-refractivity contribution is -0.128. The van der Waals surface area contributed by atoms with Crippen LogP contribution in [0.4, 0.5) is 0 Å². The van der Waals surface area contributed by atoms with Gasteiger partial charge in [-0.3, -0.25) is 9.78 Å². The summed E-state index contributed by atoms with van der Waals surface area (Å²) in [5.41, 5.74) is -0.232. The zero-order chi connectivity index (χ0) is 21.7. The molecule has 1 aromatic rings. The number of sulfonamides is 1. The highest BCUT2D eigenvalue weighted by Gasteiger charge is 2.53. The number of nitrogens with one attached hydrogen (secondary N) is 1. The van der Waals surface area contributed by atoms with Crippen molar-refractivity contribution in [1.82, 2.24) is 19.5 Å². The van der Waals surface area contributed by atoms with E-state index in [1.54, 1.807) is 18.3 Å². The molecule has 3 heterocycles. The molecule has 3 fully saturated rings. The number of aromatic nitrogens is 1. The Hall–Kier alpha value is -1.51. The second kappa shape index (κ2) is 9.96. The summed E-state index contributed by atoms with van der Waals surface area (Å²) >= 11 is 0. The van der Waals surface area contributed by atoms with Crippen molar-refractivity contribution in [3.63, 3.8) is 0 Å². The summed E-state index contributed by atoms with van der Waals surface area (Å²) in [6.07, 6.45) is 13.0. The zero-order valence-electron chi connectivity index (χ0n) is 18.5. The minimum Gasteiger partial charge on any atom is -0.356 e. The first kappa shape index (κ1) is 22.7. The molecule has 31 heavy (non-hydrogen) atoms. The molecule has 7 nitrogen and oxygen atoms in total. The van der Waals surface area contributed by atoms with Gasteiger partial charge in [-0.25, -0.2) is 8.42 Å². The maximum absolute atomic E-state index is 13.2. The molecule has 1 saturated carbocycles. The highest BCUT2D eigenvalue weighted by atomic mass is 32.2. The van der Waals surface area contributed by atoms with E-state index in [2.05, 4.69) is 15.2 Å². The molecule has 0 aromatic carbocycles. The molecular formula is C23H36N4O3S.